The first-order valence-electron chi connectivity index (χ1n) is 5.15. The van der Waals surface area contributed by atoms with Crippen LogP contribution < -0.4 is 5.73 Å². The lowest BCUT2D eigenvalue weighted by Crippen LogP contribution is -2.39. The van der Waals surface area contributed by atoms with Gasteiger partial charge in [0.15, 0.2) is 0 Å². The predicted molar refractivity (Wildman–Crippen MR) is 64.6 cm³/mol. The van der Waals surface area contributed by atoms with E-state index in [9.17, 15) is 8.42 Å². The number of likely N-dealkylation sites (N-methyl/N-ethyl adjacent to an activating group) is 1. The van der Waals surface area contributed by atoms with Crippen molar-refractivity contribution in [1.82, 2.24) is 4.31 Å². The summed E-state index contributed by atoms with van der Waals surface area (Å²) in [5.41, 5.74) is 6.23. The molecule has 0 saturated carbocycles. The van der Waals surface area contributed by atoms with Crippen LogP contribution in [0.2, 0.25) is 0 Å². The van der Waals surface area contributed by atoms with Gasteiger partial charge in [-0.2, -0.15) is 4.31 Å². The molecule has 0 amide bonds. The monoisotopic (exact) mass is 242 g/mol. The van der Waals surface area contributed by atoms with Crippen LogP contribution in [-0.4, -0.2) is 32.4 Å². The van der Waals surface area contributed by atoms with Gasteiger partial charge in [-0.3, -0.25) is 0 Å². The summed E-state index contributed by atoms with van der Waals surface area (Å²) in [6.45, 7) is 3.88. The molecule has 0 bridgehead atoms. The molecule has 1 atom stereocenters. The zero-order valence-electron chi connectivity index (χ0n) is 9.84. The van der Waals surface area contributed by atoms with Crippen LogP contribution in [0.1, 0.15) is 12.5 Å². The molecule has 0 aliphatic rings. The maximum atomic E-state index is 12.2. The summed E-state index contributed by atoms with van der Waals surface area (Å²) >= 11 is 0. The van der Waals surface area contributed by atoms with Crippen LogP contribution in [0.25, 0.3) is 0 Å². The minimum Gasteiger partial charge on any atom is -0.329 e. The molecule has 1 aromatic carbocycles. The van der Waals surface area contributed by atoms with E-state index in [2.05, 4.69) is 0 Å². The van der Waals surface area contributed by atoms with Crippen LogP contribution >= 0.6 is 0 Å². The predicted octanol–water partition coefficient (Wildman–Crippen LogP) is 0.963. The van der Waals surface area contributed by atoms with Crippen molar-refractivity contribution in [3.05, 3.63) is 29.8 Å². The minimum atomic E-state index is -3.43. The summed E-state index contributed by atoms with van der Waals surface area (Å²) in [5.74, 6) is 0. The van der Waals surface area contributed by atoms with Crippen LogP contribution in [-0.2, 0) is 10.0 Å². The van der Waals surface area contributed by atoms with Crippen molar-refractivity contribution < 1.29 is 8.42 Å². The molecule has 16 heavy (non-hydrogen) atoms. The SMILES string of the molecule is Cc1ccccc1S(=O)(=O)N(C)C(C)CN. The Kier molecular flexibility index (Phi) is 4.07. The molecule has 0 radical (unpaired) electrons. The molecule has 0 aromatic heterocycles. The van der Waals surface area contributed by atoms with Gasteiger partial charge in [0.05, 0.1) is 4.90 Å². The van der Waals surface area contributed by atoms with Gasteiger partial charge in [0, 0.05) is 19.6 Å². The third kappa shape index (κ3) is 2.42. The average Bonchev–Trinajstić information content (AvgIpc) is 2.27. The van der Waals surface area contributed by atoms with Gasteiger partial charge in [-0.05, 0) is 25.5 Å². The second kappa shape index (κ2) is 4.95. The highest BCUT2D eigenvalue weighted by Gasteiger charge is 2.25. The van der Waals surface area contributed by atoms with Crippen molar-refractivity contribution in [3.8, 4) is 0 Å². The smallest absolute Gasteiger partial charge is 0.243 e. The maximum absolute atomic E-state index is 12.2. The number of hydrogen-bond acceptors (Lipinski definition) is 3. The van der Waals surface area contributed by atoms with Crippen molar-refractivity contribution in [1.29, 1.82) is 0 Å². The first kappa shape index (κ1) is 13.2. The lowest BCUT2D eigenvalue weighted by molar-refractivity contribution is 0.394. The summed E-state index contributed by atoms with van der Waals surface area (Å²) in [7, 11) is -1.87. The van der Waals surface area contributed by atoms with Crippen LogP contribution in [0.5, 0.6) is 0 Å². The summed E-state index contributed by atoms with van der Waals surface area (Å²) in [5, 5.41) is 0. The van der Waals surface area contributed by atoms with Crippen molar-refractivity contribution in [2.45, 2.75) is 24.8 Å². The first-order chi connectivity index (χ1) is 7.41. The molecule has 5 heteroatoms. The Bertz CT molecular complexity index is 457. The van der Waals surface area contributed by atoms with E-state index < -0.39 is 10.0 Å². The molecule has 1 unspecified atom stereocenters. The molecule has 0 heterocycles. The second-order valence-corrected chi connectivity index (χ2v) is 5.84. The van der Waals surface area contributed by atoms with E-state index in [1.54, 1.807) is 39.1 Å². The van der Waals surface area contributed by atoms with Crippen molar-refractivity contribution in [2.24, 2.45) is 5.73 Å². The van der Waals surface area contributed by atoms with Crippen LogP contribution in [0.3, 0.4) is 0 Å². The Morgan fingerprint density at radius 3 is 2.44 bits per heavy atom. The fourth-order valence-corrected chi connectivity index (χ4v) is 2.98. The highest BCUT2D eigenvalue weighted by atomic mass is 32.2. The molecule has 0 spiro atoms. The molecule has 4 nitrogen and oxygen atoms in total. The molecule has 0 saturated heterocycles. The number of sulfonamides is 1. The standard InChI is InChI=1S/C11H18N2O2S/c1-9-6-4-5-7-11(9)16(14,15)13(3)10(2)8-12/h4-7,10H,8,12H2,1-3H3. The quantitative estimate of drug-likeness (QED) is 0.855. The maximum Gasteiger partial charge on any atom is 0.243 e. The number of hydrogen-bond donors (Lipinski definition) is 1. The number of rotatable bonds is 4. The fraction of sp³-hybridized carbons (Fsp3) is 0.455. The van der Waals surface area contributed by atoms with E-state index in [0.717, 1.165) is 5.56 Å². The van der Waals surface area contributed by atoms with E-state index >= 15 is 0 Å². The van der Waals surface area contributed by atoms with Gasteiger partial charge < -0.3 is 5.73 Å². The van der Waals surface area contributed by atoms with Crippen molar-refractivity contribution >= 4 is 10.0 Å². The van der Waals surface area contributed by atoms with Gasteiger partial charge in [-0.15, -0.1) is 0 Å². The largest absolute Gasteiger partial charge is 0.329 e. The van der Waals surface area contributed by atoms with Crippen LogP contribution in [0, 0.1) is 6.92 Å². The van der Waals surface area contributed by atoms with Gasteiger partial charge in [0.1, 0.15) is 0 Å². The zero-order chi connectivity index (χ0) is 12.3. The molecule has 90 valence electrons. The third-order valence-corrected chi connectivity index (χ3v) is 4.84. The Hall–Kier alpha value is -0.910. The van der Waals surface area contributed by atoms with Crippen LogP contribution in [0.4, 0.5) is 0 Å². The highest BCUT2D eigenvalue weighted by molar-refractivity contribution is 7.89. The number of nitrogens with two attached hydrogens (primary N) is 1. The molecule has 0 aliphatic carbocycles. The molecular formula is C11H18N2O2S. The number of nitrogens with zero attached hydrogens (tertiary/aromatic N) is 1. The van der Waals surface area contributed by atoms with E-state index in [0.29, 0.717) is 11.4 Å². The van der Waals surface area contributed by atoms with Crippen molar-refractivity contribution in [3.63, 3.8) is 0 Å². The minimum absolute atomic E-state index is 0.204. The first-order valence-corrected chi connectivity index (χ1v) is 6.59. The van der Waals surface area contributed by atoms with Gasteiger partial charge in [-0.1, -0.05) is 18.2 Å². The van der Waals surface area contributed by atoms with Gasteiger partial charge in [-0.25, -0.2) is 8.42 Å². The second-order valence-electron chi connectivity index (χ2n) is 3.87. The zero-order valence-corrected chi connectivity index (χ0v) is 10.7. The summed E-state index contributed by atoms with van der Waals surface area (Å²) < 4.78 is 25.8. The van der Waals surface area contributed by atoms with E-state index in [-0.39, 0.29) is 6.04 Å². The van der Waals surface area contributed by atoms with E-state index in [1.165, 1.54) is 4.31 Å². The number of benzene rings is 1. The van der Waals surface area contributed by atoms with E-state index in [4.69, 9.17) is 5.73 Å². The lowest BCUT2D eigenvalue weighted by atomic mass is 10.2. The van der Waals surface area contributed by atoms with Gasteiger partial charge in [0.25, 0.3) is 0 Å². The molecule has 1 aromatic rings. The normalized spacial score (nSPS) is 14.1. The molecule has 0 aliphatic heterocycles. The highest BCUT2D eigenvalue weighted by Crippen LogP contribution is 2.19. The average molecular weight is 242 g/mol. The number of aryl methyl sites for hydroxylation is 1. The summed E-state index contributed by atoms with van der Waals surface area (Å²) in [6.07, 6.45) is 0. The molecule has 1 rings (SSSR count). The Morgan fingerprint density at radius 1 is 1.38 bits per heavy atom. The fourth-order valence-electron chi connectivity index (χ4n) is 1.39. The van der Waals surface area contributed by atoms with Crippen LogP contribution in [0.15, 0.2) is 29.2 Å². The van der Waals surface area contributed by atoms with E-state index in [1.807, 2.05) is 6.07 Å². The Labute approximate surface area is 97.1 Å². The summed E-state index contributed by atoms with van der Waals surface area (Å²) in [4.78, 5) is 0.345. The third-order valence-electron chi connectivity index (χ3n) is 2.71. The Morgan fingerprint density at radius 2 is 1.94 bits per heavy atom. The topological polar surface area (TPSA) is 63.4 Å². The molecule has 2 N–H and O–H groups in total. The molecule has 0 fully saturated rings. The van der Waals surface area contributed by atoms with Gasteiger partial charge in [0.2, 0.25) is 10.0 Å². The van der Waals surface area contributed by atoms with Crippen molar-refractivity contribution in [2.75, 3.05) is 13.6 Å². The molecular weight excluding hydrogens is 224 g/mol. The Balaban J connectivity index is 3.17. The van der Waals surface area contributed by atoms with Gasteiger partial charge >= 0.3 is 0 Å². The lowest BCUT2D eigenvalue weighted by Gasteiger charge is -2.23. The summed E-state index contributed by atoms with van der Waals surface area (Å²) in [6, 6.07) is 6.74.